The fourth-order valence-corrected chi connectivity index (χ4v) is 4.02. The number of nitrogens with zero attached hydrogens (tertiary/aromatic N) is 1. The molecule has 2 amide bonds. The van der Waals surface area contributed by atoms with Gasteiger partial charge in [-0.05, 0) is 25.0 Å². The highest BCUT2D eigenvalue weighted by atomic mass is 16.5. The highest BCUT2D eigenvalue weighted by molar-refractivity contribution is 5.99. The number of amides is 2. The number of benzene rings is 1. The maximum atomic E-state index is 13.1. The summed E-state index contributed by atoms with van der Waals surface area (Å²) in [5.41, 5.74) is 0.00374. The third kappa shape index (κ3) is 4.09. The minimum absolute atomic E-state index is 0.0221. The molecule has 0 aromatic heterocycles. The molecule has 3 aliphatic rings. The van der Waals surface area contributed by atoms with E-state index >= 15 is 0 Å². The SMILES string of the molecule is O=C(CN1CC2(CCOCC2)Oc2ccccc2C1=O)NC1CCCOC1. The van der Waals surface area contributed by atoms with Gasteiger partial charge in [-0.2, -0.15) is 0 Å². The summed E-state index contributed by atoms with van der Waals surface area (Å²) in [4.78, 5) is 27.3. The van der Waals surface area contributed by atoms with Gasteiger partial charge in [0, 0.05) is 19.4 Å². The Morgan fingerprint density at radius 3 is 2.78 bits per heavy atom. The summed E-state index contributed by atoms with van der Waals surface area (Å²) in [6, 6.07) is 7.29. The first-order valence-corrected chi connectivity index (χ1v) is 9.67. The van der Waals surface area contributed by atoms with Gasteiger partial charge in [0.2, 0.25) is 5.91 Å². The Hall–Kier alpha value is -2.12. The first kappa shape index (κ1) is 18.3. The van der Waals surface area contributed by atoms with E-state index in [1.165, 1.54) is 0 Å². The Balaban J connectivity index is 1.53. The smallest absolute Gasteiger partial charge is 0.258 e. The van der Waals surface area contributed by atoms with Crippen molar-refractivity contribution < 1.29 is 23.8 Å². The topological polar surface area (TPSA) is 77.1 Å². The lowest BCUT2D eigenvalue weighted by Crippen LogP contribution is -2.53. The van der Waals surface area contributed by atoms with Crippen LogP contribution < -0.4 is 10.1 Å². The molecule has 7 nitrogen and oxygen atoms in total. The van der Waals surface area contributed by atoms with E-state index in [-0.39, 0.29) is 24.4 Å². The van der Waals surface area contributed by atoms with Crippen molar-refractivity contribution in [3.8, 4) is 5.75 Å². The molecule has 4 rings (SSSR count). The third-order valence-electron chi connectivity index (χ3n) is 5.47. The van der Waals surface area contributed by atoms with Crippen LogP contribution in [-0.2, 0) is 14.3 Å². The standard InChI is InChI=1S/C20H26N2O5/c23-18(21-15-4-3-9-26-13-15)12-22-14-20(7-10-25-11-8-20)27-17-6-2-1-5-16(17)19(22)24/h1-2,5-6,15H,3-4,7-14H2,(H,21,23). The van der Waals surface area contributed by atoms with Crippen molar-refractivity contribution in [1.29, 1.82) is 0 Å². The second-order valence-electron chi connectivity index (χ2n) is 7.54. The van der Waals surface area contributed by atoms with Gasteiger partial charge in [0.25, 0.3) is 5.91 Å². The van der Waals surface area contributed by atoms with Crippen LogP contribution in [0.15, 0.2) is 24.3 Å². The zero-order valence-electron chi connectivity index (χ0n) is 15.4. The molecule has 3 heterocycles. The molecule has 27 heavy (non-hydrogen) atoms. The minimum atomic E-state index is -0.505. The summed E-state index contributed by atoms with van der Waals surface area (Å²) in [6.07, 6.45) is 3.25. The van der Waals surface area contributed by atoms with Gasteiger partial charge in [0.05, 0.1) is 38.0 Å². The molecule has 1 aromatic rings. The van der Waals surface area contributed by atoms with Crippen LogP contribution in [0.5, 0.6) is 5.75 Å². The average molecular weight is 374 g/mol. The van der Waals surface area contributed by atoms with Gasteiger partial charge in [-0.25, -0.2) is 0 Å². The van der Waals surface area contributed by atoms with Crippen molar-refractivity contribution >= 4 is 11.8 Å². The molecule has 7 heteroatoms. The lowest BCUT2D eigenvalue weighted by Gasteiger charge is -2.38. The van der Waals surface area contributed by atoms with Gasteiger partial charge < -0.3 is 24.4 Å². The first-order chi connectivity index (χ1) is 13.2. The van der Waals surface area contributed by atoms with Crippen molar-refractivity contribution in [3.63, 3.8) is 0 Å². The third-order valence-corrected chi connectivity index (χ3v) is 5.47. The van der Waals surface area contributed by atoms with E-state index in [0.717, 1.165) is 19.4 Å². The summed E-state index contributed by atoms with van der Waals surface area (Å²) in [7, 11) is 0. The van der Waals surface area contributed by atoms with Crippen LogP contribution in [0.25, 0.3) is 0 Å². The molecular formula is C20H26N2O5. The van der Waals surface area contributed by atoms with Crippen LogP contribution in [0.2, 0.25) is 0 Å². The van der Waals surface area contributed by atoms with Gasteiger partial charge in [-0.1, -0.05) is 12.1 Å². The maximum Gasteiger partial charge on any atom is 0.258 e. The largest absolute Gasteiger partial charge is 0.484 e. The van der Waals surface area contributed by atoms with Crippen LogP contribution in [0.1, 0.15) is 36.0 Å². The molecule has 1 N–H and O–H groups in total. The number of para-hydroxylation sites is 1. The van der Waals surface area contributed by atoms with Crippen molar-refractivity contribution in [2.75, 3.05) is 39.5 Å². The zero-order chi connectivity index (χ0) is 18.7. The number of nitrogens with one attached hydrogen (secondary N) is 1. The molecule has 1 spiro atoms. The van der Waals surface area contributed by atoms with Gasteiger partial charge in [0.15, 0.2) is 0 Å². The number of hydrogen-bond donors (Lipinski definition) is 1. The Bertz CT molecular complexity index is 695. The molecular weight excluding hydrogens is 348 g/mol. The normalized spacial score (nSPS) is 24.7. The fourth-order valence-electron chi connectivity index (χ4n) is 4.02. The van der Waals surface area contributed by atoms with E-state index in [9.17, 15) is 9.59 Å². The molecule has 1 unspecified atom stereocenters. The molecule has 0 radical (unpaired) electrons. The quantitative estimate of drug-likeness (QED) is 0.865. The van der Waals surface area contributed by atoms with Crippen molar-refractivity contribution in [3.05, 3.63) is 29.8 Å². The Morgan fingerprint density at radius 2 is 2.00 bits per heavy atom. The molecule has 0 bridgehead atoms. The second-order valence-corrected chi connectivity index (χ2v) is 7.54. The maximum absolute atomic E-state index is 13.1. The minimum Gasteiger partial charge on any atom is -0.484 e. The van der Waals surface area contributed by atoms with Gasteiger partial charge in [-0.15, -0.1) is 0 Å². The summed E-state index contributed by atoms with van der Waals surface area (Å²) in [6.45, 7) is 2.88. The van der Waals surface area contributed by atoms with E-state index in [2.05, 4.69) is 5.32 Å². The number of carbonyl (C=O) groups is 2. The number of carbonyl (C=O) groups excluding carboxylic acids is 2. The number of hydrogen-bond acceptors (Lipinski definition) is 5. The Morgan fingerprint density at radius 1 is 1.19 bits per heavy atom. The number of rotatable bonds is 3. The molecule has 0 saturated carbocycles. The molecule has 2 saturated heterocycles. The summed E-state index contributed by atoms with van der Waals surface area (Å²) in [5, 5.41) is 3.00. The highest BCUT2D eigenvalue weighted by Gasteiger charge is 2.42. The van der Waals surface area contributed by atoms with Crippen LogP contribution in [0.3, 0.4) is 0 Å². The Labute approximate surface area is 158 Å². The van der Waals surface area contributed by atoms with Gasteiger partial charge >= 0.3 is 0 Å². The molecule has 2 fully saturated rings. The molecule has 0 aliphatic carbocycles. The predicted octanol–water partition coefficient (Wildman–Crippen LogP) is 1.37. The summed E-state index contributed by atoms with van der Waals surface area (Å²) < 4.78 is 17.2. The Kier molecular flexibility index (Phi) is 5.31. The summed E-state index contributed by atoms with van der Waals surface area (Å²) >= 11 is 0. The van der Waals surface area contributed by atoms with Crippen LogP contribution >= 0.6 is 0 Å². The monoisotopic (exact) mass is 374 g/mol. The molecule has 3 aliphatic heterocycles. The van der Waals surface area contributed by atoms with E-state index in [1.54, 1.807) is 11.0 Å². The van der Waals surface area contributed by atoms with Crippen LogP contribution in [0.4, 0.5) is 0 Å². The fraction of sp³-hybridized carbons (Fsp3) is 0.600. The van der Waals surface area contributed by atoms with Crippen LogP contribution in [-0.4, -0.2) is 67.9 Å². The summed E-state index contributed by atoms with van der Waals surface area (Å²) in [5.74, 6) is 0.275. The van der Waals surface area contributed by atoms with E-state index in [0.29, 0.717) is 50.5 Å². The number of fused-ring (bicyclic) bond motifs is 1. The highest BCUT2D eigenvalue weighted by Crippen LogP contribution is 2.34. The first-order valence-electron chi connectivity index (χ1n) is 9.67. The lowest BCUT2D eigenvalue weighted by atomic mass is 9.93. The van der Waals surface area contributed by atoms with Crippen molar-refractivity contribution in [1.82, 2.24) is 10.2 Å². The van der Waals surface area contributed by atoms with Gasteiger partial charge in [0.1, 0.15) is 17.9 Å². The van der Waals surface area contributed by atoms with E-state index in [4.69, 9.17) is 14.2 Å². The second kappa shape index (κ2) is 7.86. The van der Waals surface area contributed by atoms with E-state index in [1.807, 2.05) is 18.2 Å². The lowest BCUT2D eigenvalue weighted by molar-refractivity contribution is -0.124. The molecule has 1 aromatic carbocycles. The molecule has 146 valence electrons. The zero-order valence-corrected chi connectivity index (χ0v) is 15.4. The van der Waals surface area contributed by atoms with Gasteiger partial charge in [-0.3, -0.25) is 9.59 Å². The number of ether oxygens (including phenoxy) is 3. The predicted molar refractivity (Wildman–Crippen MR) is 97.7 cm³/mol. The van der Waals surface area contributed by atoms with Crippen molar-refractivity contribution in [2.24, 2.45) is 0 Å². The average Bonchev–Trinajstić information content (AvgIpc) is 2.78. The molecule has 1 atom stereocenters. The van der Waals surface area contributed by atoms with Crippen molar-refractivity contribution in [2.45, 2.75) is 37.3 Å². The van der Waals surface area contributed by atoms with E-state index < -0.39 is 5.60 Å². The van der Waals surface area contributed by atoms with Crippen LogP contribution in [0, 0.1) is 0 Å².